The van der Waals surface area contributed by atoms with Crippen molar-refractivity contribution in [2.45, 2.75) is 75.7 Å². The molecule has 0 saturated carbocycles. The summed E-state index contributed by atoms with van der Waals surface area (Å²) in [4.78, 5) is 0. The van der Waals surface area contributed by atoms with Gasteiger partial charge in [-0.1, -0.05) is 111 Å². The zero-order valence-electron chi connectivity index (χ0n) is 14.7. The van der Waals surface area contributed by atoms with Gasteiger partial charge in [-0.15, -0.1) is 0 Å². The second-order valence-electron chi connectivity index (χ2n) is 6.20. The largest absolute Gasteiger partial charge is 0.373 e. The molecule has 0 fully saturated rings. The Hall–Kier alpha value is -0.350. The van der Waals surface area contributed by atoms with Crippen molar-refractivity contribution < 1.29 is 4.74 Å². The summed E-state index contributed by atoms with van der Waals surface area (Å²) >= 11 is 2.39. The summed E-state index contributed by atoms with van der Waals surface area (Å²) in [5.74, 6) is 0. The molecule has 1 nitrogen and oxygen atoms in total. The van der Waals surface area contributed by atoms with Crippen LogP contribution in [0, 0.1) is 0 Å². The Kier molecular flexibility index (Phi) is 13.7. The van der Waals surface area contributed by atoms with Crippen LogP contribution in [0.15, 0.2) is 36.4 Å². The van der Waals surface area contributed by atoms with Crippen molar-refractivity contribution in [2.75, 3.05) is 6.61 Å². The number of unbranched alkanes of at least 4 members (excludes halogenated alkanes) is 8. The van der Waals surface area contributed by atoms with Crippen molar-refractivity contribution in [3.63, 3.8) is 0 Å². The van der Waals surface area contributed by atoms with Gasteiger partial charge in [0, 0.05) is 4.43 Å². The molecule has 0 aromatic heterocycles. The molecule has 0 saturated heterocycles. The molecule has 1 rings (SSSR count). The highest BCUT2D eigenvalue weighted by molar-refractivity contribution is 14.1. The molecule has 0 aliphatic heterocycles. The van der Waals surface area contributed by atoms with E-state index in [4.69, 9.17) is 4.74 Å². The molecule has 0 spiro atoms. The molecule has 1 aromatic carbocycles. The molecule has 0 bridgehead atoms. The second-order valence-corrected chi connectivity index (χ2v) is 6.96. The van der Waals surface area contributed by atoms with Gasteiger partial charge in [0.05, 0.1) is 13.2 Å². The lowest BCUT2D eigenvalue weighted by Gasteiger charge is -2.03. The van der Waals surface area contributed by atoms with Gasteiger partial charge in [-0.2, -0.15) is 0 Å². The van der Waals surface area contributed by atoms with Gasteiger partial charge >= 0.3 is 0 Å². The Labute approximate surface area is 157 Å². The Morgan fingerprint density at radius 3 is 2.09 bits per heavy atom. The van der Waals surface area contributed by atoms with E-state index in [1.165, 1.54) is 68.9 Å². The Balaban J connectivity index is 1.90. The molecule has 130 valence electrons. The van der Waals surface area contributed by atoms with E-state index in [2.05, 4.69) is 65.9 Å². The van der Waals surface area contributed by atoms with Crippen LogP contribution in [0.4, 0.5) is 0 Å². The Morgan fingerprint density at radius 1 is 0.826 bits per heavy atom. The number of hydrogen-bond acceptors (Lipinski definition) is 1. The lowest BCUT2D eigenvalue weighted by atomic mass is 10.1. The highest BCUT2D eigenvalue weighted by Gasteiger charge is 1.94. The van der Waals surface area contributed by atoms with Crippen molar-refractivity contribution in [2.24, 2.45) is 0 Å². The van der Waals surface area contributed by atoms with E-state index in [1.807, 2.05) is 0 Å². The van der Waals surface area contributed by atoms with E-state index in [0.717, 1.165) is 11.0 Å². The van der Waals surface area contributed by atoms with Gasteiger partial charge in [0.1, 0.15) is 0 Å². The van der Waals surface area contributed by atoms with Crippen LogP contribution >= 0.6 is 22.6 Å². The van der Waals surface area contributed by atoms with Crippen molar-refractivity contribution in [3.05, 3.63) is 47.5 Å². The SMILES string of the molecule is CCCCCCCCCC/C=C/COCc1ccc(CI)cc1. The van der Waals surface area contributed by atoms with Crippen molar-refractivity contribution in [1.29, 1.82) is 0 Å². The number of allylic oxidation sites excluding steroid dienone is 1. The molecule has 1 aromatic rings. The first kappa shape index (κ1) is 20.7. The van der Waals surface area contributed by atoms with Gasteiger partial charge in [0.15, 0.2) is 0 Å². The van der Waals surface area contributed by atoms with Crippen LogP contribution in [0.5, 0.6) is 0 Å². The topological polar surface area (TPSA) is 9.23 Å². The second kappa shape index (κ2) is 15.2. The fraction of sp³-hybridized carbons (Fsp3) is 0.619. The van der Waals surface area contributed by atoms with Crippen LogP contribution in [-0.2, 0) is 15.8 Å². The summed E-state index contributed by atoms with van der Waals surface area (Å²) in [6.45, 7) is 3.71. The third-order valence-corrected chi connectivity index (χ3v) is 4.93. The highest BCUT2D eigenvalue weighted by Crippen LogP contribution is 2.10. The van der Waals surface area contributed by atoms with E-state index in [1.54, 1.807) is 0 Å². The maximum atomic E-state index is 5.69. The number of ether oxygens (including phenoxy) is 1. The van der Waals surface area contributed by atoms with Gasteiger partial charge in [0.2, 0.25) is 0 Å². The van der Waals surface area contributed by atoms with Crippen molar-refractivity contribution >= 4 is 22.6 Å². The summed E-state index contributed by atoms with van der Waals surface area (Å²) < 4.78 is 6.76. The third kappa shape index (κ3) is 11.8. The van der Waals surface area contributed by atoms with E-state index < -0.39 is 0 Å². The van der Waals surface area contributed by atoms with Crippen LogP contribution in [0.25, 0.3) is 0 Å². The average molecular weight is 428 g/mol. The molecule has 0 aliphatic rings. The number of rotatable bonds is 14. The lowest BCUT2D eigenvalue weighted by molar-refractivity contribution is 0.148. The molecule has 0 aliphatic carbocycles. The molecule has 0 amide bonds. The summed E-state index contributed by atoms with van der Waals surface area (Å²) in [7, 11) is 0. The monoisotopic (exact) mass is 428 g/mol. The molecular weight excluding hydrogens is 395 g/mol. The van der Waals surface area contributed by atoms with Gasteiger partial charge in [-0.3, -0.25) is 0 Å². The zero-order chi connectivity index (χ0) is 16.6. The van der Waals surface area contributed by atoms with Crippen molar-refractivity contribution in [1.82, 2.24) is 0 Å². The first-order valence-corrected chi connectivity index (χ1v) is 10.8. The van der Waals surface area contributed by atoms with Crippen LogP contribution in [-0.4, -0.2) is 6.61 Å². The van der Waals surface area contributed by atoms with Crippen LogP contribution < -0.4 is 0 Å². The fourth-order valence-electron chi connectivity index (χ4n) is 2.55. The minimum absolute atomic E-state index is 0.712. The molecule has 2 heteroatoms. The molecule has 0 atom stereocenters. The summed E-state index contributed by atoms with van der Waals surface area (Å²) in [5.41, 5.74) is 2.63. The molecule has 0 unspecified atom stereocenters. The average Bonchev–Trinajstić information content (AvgIpc) is 2.59. The van der Waals surface area contributed by atoms with Gasteiger partial charge < -0.3 is 4.74 Å². The van der Waals surface area contributed by atoms with Crippen LogP contribution in [0.2, 0.25) is 0 Å². The third-order valence-electron chi connectivity index (χ3n) is 4.05. The molecule has 0 heterocycles. The quantitative estimate of drug-likeness (QED) is 0.132. The predicted molar refractivity (Wildman–Crippen MR) is 110 cm³/mol. The zero-order valence-corrected chi connectivity index (χ0v) is 16.9. The van der Waals surface area contributed by atoms with E-state index in [9.17, 15) is 0 Å². The number of hydrogen-bond donors (Lipinski definition) is 0. The van der Waals surface area contributed by atoms with Gasteiger partial charge in [-0.25, -0.2) is 0 Å². The first-order chi connectivity index (χ1) is 11.4. The number of alkyl halides is 1. The number of halogens is 1. The normalized spacial score (nSPS) is 11.4. The fourth-order valence-corrected chi connectivity index (χ4v) is 3.06. The standard InChI is InChI=1S/C21H33IO/c1-2-3-4-5-6-7-8-9-10-11-12-17-23-19-21-15-13-20(18-22)14-16-21/h11-16H,2-10,17-19H2,1H3/b12-11+. The Morgan fingerprint density at radius 2 is 1.43 bits per heavy atom. The lowest BCUT2D eigenvalue weighted by Crippen LogP contribution is -1.93. The highest BCUT2D eigenvalue weighted by atomic mass is 127. The van der Waals surface area contributed by atoms with E-state index in [-0.39, 0.29) is 0 Å². The maximum Gasteiger partial charge on any atom is 0.0721 e. The predicted octanol–water partition coefficient (Wildman–Crippen LogP) is 7.23. The van der Waals surface area contributed by atoms with Crippen molar-refractivity contribution in [3.8, 4) is 0 Å². The van der Waals surface area contributed by atoms with E-state index in [0.29, 0.717) is 6.61 Å². The minimum Gasteiger partial charge on any atom is -0.373 e. The molecule has 0 N–H and O–H groups in total. The van der Waals surface area contributed by atoms with E-state index >= 15 is 0 Å². The van der Waals surface area contributed by atoms with Gasteiger partial charge in [-0.05, 0) is 24.0 Å². The molecule has 23 heavy (non-hydrogen) atoms. The molecular formula is C21H33IO. The molecule has 0 radical (unpaired) electrons. The maximum absolute atomic E-state index is 5.69. The van der Waals surface area contributed by atoms with Gasteiger partial charge in [0.25, 0.3) is 0 Å². The smallest absolute Gasteiger partial charge is 0.0721 e. The van der Waals surface area contributed by atoms with Crippen LogP contribution in [0.1, 0.15) is 75.8 Å². The number of benzene rings is 1. The minimum atomic E-state index is 0.712. The Bertz CT molecular complexity index is 397. The summed E-state index contributed by atoms with van der Waals surface area (Å²) in [5, 5.41) is 0. The summed E-state index contributed by atoms with van der Waals surface area (Å²) in [6.07, 6.45) is 16.8. The van der Waals surface area contributed by atoms with Crippen LogP contribution in [0.3, 0.4) is 0 Å². The first-order valence-electron chi connectivity index (χ1n) is 9.23. The summed E-state index contributed by atoms with van der Waals surface area (Å²) in [6, 6.07) is 8.70.